The van der Waals surface area contributed by atoms with Gasteiger partial charge in [0.25, 0.3) is 0 Å². The van der Waals surface area contributed by atoms with Gasteiger partial charge in [0.05, 0.1) is 5.69 Å². The van der Waals surface area contributed by atoms with Crippen molar-refractivity contribution in [1.29, 1.82) is 0 Å². The van der Waals surface area contributed by atoms with Crippen LogP contribution in [0.15, 0.2) is 30.5 Å². The smallest absolute Gasteiger partial charge is 0.111 e. The number of aryl methyl sites for hydroxylation is 1. The first kappa shape index (κ1) is 9.90. The zero-order valence-corrected chi connectivity index (χ0v) is 9.31. The predicted molar refractivity (Wildman–Crippen MR) is 60.5 cm³/mol. The van der Waals surface area contributed by atoms with Crippen LogP contribution in [0.2, 0.25) is 0 Å². The topological polar surface area (TPSA) is 30.7 Å². The van der Waals surface area contributed by atoms with E-state index in [0.717, 1.165) is 17.1 Å². The van der Waals surface area contributed by atoms with Crippen molar-refractivity contribution >= 4 is 0 Å². The van der Waals surface area contributed by atoms with Crippen molar-refractivity contribution < 1.29 is 0 Å². The van der Waals surface area contributed by atoms with Gasteiger partial charge in [-0.1, -0.05) is 19.9 Å². The van der Waals surface area contributed by atoms with Gasteiger partial charge in [0.2, 0.25) is 0 Å². The highest BCUT2D eigenvalue weighted by Gasteiger charge is 2.05. The first-order valence-electron chi connectivity index (χ1n) is 5.14. The molecule has 0 amide bonds. The van der Waals surface area contributed by atoms with Crippen LogP contribution in [0.4, 0.5) is 0 Å². The highest BCUT2D eigenvalue weighted by atomic mass is 15.2. The van der Waals surface area contributed by atoms with Gasteiger partial charge in [-0.25, -0.2) is 0 Å². The molecule has 0 saturated carbocycles. The Labute approximate surface area is 89.8 Å². The van der Waals surface area contributed by atoms with Crippen LogP contribution in [0.5, 0.6) is 0 Å². The standard InChI is InChI=1S/C12H15N3/c1-9(2)10-5-4-6-11(13-10)12-7-8-15(3)14-12/h4-9H,1-3H3. The van der Waals surface area contributed by atoms with E-state index in [1.165, 1.54) is 0 Å². The molecule has 0 radical (unpaired) electrons. The van der Waals surface area contributed by atoms with Crippen LogP contribution in [-0.4, -0.2) is 14.8 Å². The molecule has 2 aromatic rings. The van der Waals surface area contributed by atoms with Gasteiger partial charge in [-0.3, -0.25) is 9.67 Å². The third-order valence-electron chi connectivity index (χ3n) is 2.34. The summed E-state index contributed by atoms with van der Waals surface area (Å²) in [7, 11) is 1.91. The molecule has 3 nitrogen and oxygen atoms in total. The Morgan fingerprint density at radius 2 is 1.93 bits per heavy atom. The first-order valence-corrected chi connectivity index (χ1v) is 5.14. The summed E-state index contributed by atoms with van der Waals surface area (Å²) in [6.45, 7) is 4.29. The lowest BCUT2D eigenvalue weighted by Crippen LogP contribution is -1.95. The fourth-order valence-electron chi connectivity index (χ4n) is 1.47. The molecule has 0 bridgehead atoms. The molecule has 15 heavy (non-hydrogen) atoms. The lowest BCUT2D eigenvalue weighted by Gasteiger charge is -2.05. The van der Waals surface area contributed by atoms with Crippen LogP contribution >= 0.6 is 0 Å². The van der Waals surface area contributed by atoms with Gasteiger partial charge in [0, 0.05) is 18.9 Å². The van der Waals surface area contributed by atoms with Crippen LogP contribution in [0, 0.1) is 0 Å². The second-order valence-corrected chi connectivity index (χ2v) is 3.98. The fraction of sp³-hybridized carbons (Fsp3) is 0.333. The fourth-order valence-corrected chi connectivity index (χ4v) is 1.47. The normalized spacial score (nSPS) is 10.9. The van der Waals surface area contributed by atoms with E-state index in [4.69, 9.17) is 0 Å². The Kier molecular flexibility index (Phi) is 2.54. The third kappa shape index (κ3) is 2.06. The molecule has 0 atom stereocenters. The molecular formula is C12H15N3. The minimum absolute atomic E-state index is 0.452. The van der Waals surface area contributed by atoms with Crippen molar-refractivity contribution in [2.24, 2.45) is 7.05 Å². The number of aromatic nitrogens is 3. The van der Waals surface area contributed by atoms with Crippen LogP contribution in [-0.2, 0) is 7.05 Å². The number of hydrogen-bond donors (Lipinski definition) is 0. The summed E-state index contributed by atoms with van der Waals surface area (Å²) in [6.07, 6.45) is 1.93. The van der Waals surface area contributed by atoms with E-state index in [2.05, 4.69) is 30.0 Å². The SMILES string of the molecule is CC(C)c1cccc(-c2ccn(C)n2)n1. The zero-order valence-electron chi connectivity index (χ0n) is 9.31. The summed E-state index contributed by atoms with van der Waals surface area (Å²) in [5, 5.41) is 4.34. The second kappa shape index (κ2) is 3.85. The number of rotatable bonds is 2. The van der Waals surface area contributed by atoms with E-state index in [1.807, 2.05) is 31.4 Å². The summed E-state index contributed by atoms with van der Waals surface area (Å²) in [6, 6.07) is 8.06. The predicted octanol–water partition coefficient (Wildman–Crippen LogP) is 2.61. The van der Waals surface area contributed by atoms with Crippen LogP contribution in [0.1, 0.15) is 25.5 Å². The Morgan fingerprint density at radius 1 is 1.13 bits per heavy atom. The van der Waals surface area contributed by atoms with Gasteiger partial charge >= 0.3 is 0 Å². The van der Waals surface area contributed by atoms with E-state index in [9.17, 15) is 0 Å². The summed E-state index contributed by atoms with van der Waals surface area (Å²) in [5.41, 5.74) is 2.99. The molecule has 0 aromatic carbocycles. The lowest BCUT2D eigenvalue weighted by atomic mass is 10.1. The number of pyridine rings is 1. The van der Waals surface area contributed by atoms with E-state index in [-0.39, 0.29) is 0 Å². The Balaban J connectivity index is 2.41. The minimum atomic E-state index is 0.452. The second-order valence-electron chi connectivity index (χ2n) is 3.98. The highest BCUT2D eigenvalue weighted by Crippen LogP contribution is 2.18. The molecule has 2 heterocycles. The van der Waals surface area contributed by atoms with Crippen molar-refractivity contribution in [3.63, 3.8) is 0 Å². The third-order valence-corrected chi connectivity index (χ3v) is 2.34. The maximum absolute atomic E-state index is 4.58. The van der Waals surface area contributed by atoms with Gasteiger partial charge < -0.3 is 0 Å². The van der Waals surface area contributed by atoms with Gasteiger partial charge in [0.15, 0.2) is 0 Å². The van der Waals surface area contributed by atoms with Crippen molar-refractivity contribution in [3.05, 3.63) is 36.2 Å². The zero-order chi connectivity index (χ0) is 10.8. The minimum Gasteiger partial charge on any atom is -0.275 e. The Morgan fingerprint density at radius 3 is 2.53 bits per heavy atom. The molecule has 0 unspecified atom stereocenters. The van der Waals surface area contributed by atoms with Gasteiger partial charge in [-0.05, 0) is 24.1 Å². The molecular weight excluding hydrogens is 186 g/mol. The summed E-state index contributed by atoms with van der Waals surface area (Å²) < 4.78 is 1.79. The number of hydrogen-bond acceptors (Lipinski definition) is 2. The molecule has 0 fully saturated rings. The highest BCUT2D eigenvalue weighted by molar-refractivity contribution is 5.53. The first-order chi connectivity index (χ1) is 7.16. The van der Waals surface area contributed by atoms with Gasteiger partial charge in [0.1, 0.15) is 5.69 Å². The summed E-state index contributed by atoms with van der Waals surface area (Å²) in [4.78, 5) is 4.58. The Bertz CT molecular complexity index is 457. The summed E-state index contributed by atoms with van der Waals surface area (Å²) in [5.74, 6) is 0.452. The molecule has 0 saturated heterocycles. The average Bonchev–Trinajstić information content (AvgIpc) is 2.65. The van der Waals surface area contributed by atoms with Crippen LogP contribution in [0.25, 0.3) is 11.4 Å². The lowest BCUT2D eigenvalue weighted by molar-refractivity contribution is 0.768. The van der Waals surface area contributed by atoms with Gasteiger partial charge in [-0.2, -0.15) is 5.10 Å². The van der Waals surface area contributed by atoms with E-state index < -0.39 is 0 Å². The van der Waals surface area contributed by atoms with Crippen molar-refractivity contribution in [1.82, 2.24) is 14.8 Å². The monoisotopic (exact) mass is 201 g/mol. The maximum Gasteiger partial charge on any atom is 0.111 e. The largest absolute Gasteiger partial charge is 0.275 e. The molecule has 3 heteroatoms. The van der Waals surface area contributed by atoms with Crippen molar-refractivity contribution in [3.8, 4) is 11.4 Å². The number of nitrogens with zero attached hydrogens (tertiary/aromatic N) is 3. The molecule has 0 N–H and O–H groups in total. The van der Waals surface area contributed by atoms with Crippen LogP contribution < -0.4 is 0 Å². The summed E-state index contributed by atoms with van der Waals surface area (Å²) >= 11 is 0. The van der Waals surface area contributed by atoms with Crippen molar-refractivity contribution in [2.75, 3.05) is 0 Å². The molecule has 0 aliphatic heterocycles. The maximum atomic E-state index is 4.58. The molecule has 0 aliphatic carbocycles. The molecule has 0 aliphatic rings. The molecule has 2 rings (SSSR count). The van der Waals surface area contributed by atoms with E-state index >= 15 is 0 Å². The molecule has 0 spiro atoms. The van der Waals surface area contributed by atoms with E-state index in [1.54, 1.807) is 4.68 Å². The quantitative estimate of drug-likeness (QED) is 0.747. The molecule has 2 aromatic heterocycles. The van der Waals surface area contributed by atoms with Crippen LogP contribution in [0.3, 0.4) is 0 Å². The average molecular weight is 201 g/mol. The van der Waals surface area contributed by atoms with Crippen molar-refractivity contribution in [2.45, 2.75) is 19.8 Å². The molecule has 78 valence electrons. The van der Waals surface area contributed by atoms with E-state index in [0.29, 0.717) is 5.92 Å². The van der Waals surface area contributed by atoms with Gasteiger partial charge in [-0.15, -0.1) is 0 Å². The Hall–Kier alpha value is -1.64.